The number of halogens is 1. The lowest BCUT2D eigenvalue weighted by Gasteiger charge is -2.26. The molecule has 6 rings (SSSR count). The summed E-state index contributed by atoms with van der Waals surface area (Å²) >= 11 is 7.64. The molecule has 1 saturated heterocycles. The van der Waals surface area contributed by atoms with E-state index in [0.29, 0.717) is 5.02 Å². The SMILES string of the molecule is Clc1ccc(-c2nc3sc(-c4cc5ccccc5o4)nn3c2CN2CCOCC2)cc1. The van der Waals surface area contributed by atoms with Crippen molar-refractivity contribution in [3.63, 3.8) is 0 Å². The number of fused-ring (bicyclic) bond motifs is 2. The number of nitrogens with zero attached hydrogens (tertiary/aromatic N) is 4. The van der Waals surface area contributed by atoms with E-state index in [1.807, 2.05) is 59.1 Å². The zero-order valence-electron chi connectivity index (χ0n) is 16.6. The monoisotopic (exact) mass is 450 g/mol. The Morgan fingerprint density at radius 2 is 1.84 bits per heavy atom. The highest BCUT2D eigenvalue weighted by atomic mass is 35.5. The molecule has 1 aliphatic rings. The molecule has 4 heterocycles. The molecule has 2 aromatic carbocycles. The summed E-state index contributed by atoms with van der Waals surface area (Å²) in [5, 5.41) is 7.51. The molecule has 3 aromatic heterocycles. The largest absolute Gasteiger partial charge is 0.453 e. The lowest BCUT2D eigenvalue weighted by Crippen LogP contribution is -2.36. The van der Waals surface area contributed by atoms with Gasteiger partial charge < -0.3 is 9.15 Å². The van der Waals surface area contributed by atoms with Crippen LogP contribution in [0.4, 0.5) is 0 Å². The van der Waals surface area contributed by atoms with Gasteiger partial charge in [0.2, 0.25) is 4.96 Å². The van der Waals surface area contributed by atoms with Crippen LogP contribution in [-0.2, 0) is 11.3 Å². The molecule has 0 spiro atoms. The van der Waals surface area contributed by atoms with Crippen LogP contribution in [0.3, 0.4) is 0 Å². The van der Waals surface area contributed by atoms with Crippen LogP contribution in [0.25, 0.3) is 38.0 Å². The molecule has 156 valence electrons. The molecule has 0 bridgehead atoms. The quantitative estimate of drug-likeness (QED) is 0.369. The van der Waals surface area contributed by atoms with Gasteiger partial charge in [-0.05, 0) is 24.3 Å². The van der Waals surface area contributed by atoms with E-state index in [4.69, 9.17) is 30.8 Å². The Morgan fingerprint density at radius 1 is 1.03 bits per heavy atom. The molecule has 1 aliphatic heterocycles. The van der Waals surface area contributed by atoms with Crippen molar-refractivity contribution in [3.05, 3.63) is 65.3 Å². The van der Waals surface area contributed by atoms with Crippen LogP contribution in [0, 0.1) is 0 Å². The van der Waals surface area contributed by atoms with E-state index in [0.717, 1.165) is 76.5 Å². The summed E-state index contributed by atoms with van der Waals surface area (Å²) in [6.07, 6.45) is 0. The minimum atomic E-state index is 0.713. The maximum atomic E-state index is 6.11. The molecule has 5 aromatic rings. The molecule has 0 atom stereocenters. The zero-order valence-corrected chi connectivity index (χ0v) is 18.2. The second-order valence-electron chi connectivity index (χ2n) is 7.55. The fourth-order valence-corrected chi connectivity index (χ4v) is 4.93. The molecule has 0 saturated carbocycles. The molecular weight excluding hydrogens is 432 g/mol. The Morgan fingerprint density at radius 3 is 2.65 bits per heavy atom. The van der Waals surface area contributed by atoms with E-state index < -0.39 is 0 Å². The van der Waals surface area contributed by atoms with E-state index >= 15 is 0 Å². The van der Waals surface area contributed by atoms with Gasteiger partial charge in [-0.1, -0.05) is 53.3 Å². The number of furan rings is 1. The molecule has 0 N–H and O–H groups in total. The van der Waals surface area contributed by atoms with E-state index in [2.05, 4.69) is 4.90 Å². The number of benzene rings is 2. The van der Waals surface area contributed by atoms with Crippen molar-refractivity contribution in [3.8, 4) is 22.0 Å². The van der Waals surface area contributed by atoms with Crippen molar-refractivity contribution in [2.75, 3.05) is 26.3 Å². The van der Waals surface area contributed by atoms with Crippen LogP contribution in [0.1, 0.15) is 5.69 Å². The van der Waals surface area contributed by atoms with Gasteiger partial charge >= 0.3 is 0 Å². The molecule has 0 amide bonds. The average molecular weight is 451 g/mol. The van der Waals surface area contributed by atoms with Crippen LogP contribution in [0.5, 0.6) is 0 Å². The zero-order chi connectivity index (χ0) is 20.8. The van der Waals surface area contributed by atoms with Gasteiger partial charge in [-0.25, -0.2) is 9.50 Å². The number of hydrogen-bond acceptors (Lipinski definition) is 6. The van der Waals surface area contributed by atoms with Gasteiger partial charge in [0, 0.05) is 35.6 Å². The van der Waals surface area contributed by atoms with Gasteiger partial charge in [0.15, 0.2) is 10.8 Å². The molecular formula is C23H19ClN4O2S. The first-order chi connectivity index (χ1) is 15.2. The third kappa shape index (κ3) is 3.53. The number of imidazole rings is 1. The first-order valence-corrected chi connectivity index (χ1v) is 11.4. The lowest BCUT2D eigenvalue weighted by molar-refractivity contribution is 0.0335. The molecule has 0 unspecified atom stereocenters. The number of para-hydroxylation sites is 1. The molecule has 31 heavy (non-hydrogen) atoms. The summed E-state index contributed by atoms with van der Waals surface area (Å²) in [6, 6.07) is 17.9. The van der Waals surface area contributed by atoms with Crippen LogP contribution >= 0.6 is 22.9 Å². The highest BCUT2D eigenvalue weighted by Gasteiger charge is 2.23. The highest BCUT2D eigenvalue weighted by molar-refractivity contribution is 7.19. The van der Waals surface area contributed by atoms with Crippen molar-refractivity contribution >= 4 is 38.9 Å². The highest BCUT2D eigenvalue weighted by Crippen LogP contribution is 2.34. The van der Waals surface area contributed by atoms with E-state index in [1.165, 1.54) is 11.3 Å². The van der Waals surface area contributed by atoms with Crippen molar-refractivity contribution in [1.29, 1.82) is 0 Å². The Hall–Kier alpha value is -2.71. The first kappa shape index (κ1) is 19.0. The number of morpholine rings is 1. The van der Waals surface area contributed by atoms with Gasteiger partial charge in [-0.15, -0.1) is 0 Å². The van der Waals surface area contributed by atoms with Crippen molar-refractivity contribution in [2.24, 2.45) is 0 Å². The standard InChI is InChI=1S/C23H19ClN4O2S/c24-17-7-5-15(6-8-17)21-18(14-27-9-11-29-12-10-27)28-23(25-21)31-22(26-28)20-13-16-3-1-2-4-19(16)30-20/h1-8,13H,9-12,14H2. The minimum absolute atomic E-state index is 0.713. The summed E-state index contributed by atoms with van der Waals surface area (Å²) < 4.78 is 13.5. The maximum Gasteiger partial charge on any atom is 0.213 e. The molecule has 1 fully saturated rings. The van der Waals surface area contributed by atoms with Crippen molar-refractivity contribution in [2.45, 2.75) is 6.54 Å². The minimum Gasteiger partial charge on any atom is -0.453 e. The third-order valence-corrected chi connectivity index (χ3v) is 6.70. The second kappa shape index (κ2) is 7.76. The van der Waals surface area contributed by atoms with Gasteiger partial charge in [0.25, 0.3) is 0 Å². The Labute approximate surface area is 187 Å². The number of aromatic nitrogens is 3. The van der Waals surface area contributed by atoms with E-state index in [9.17, 15) is 0 Å². The van der Waals surface area contributed by atoms with Crippen LogP contribution in [0.2, 0.25) is 5.02 Å². The molecule has 0 aliphatic carbocycles. The normalized spacial score (nSPS) is 15.3. The number of rotatable bonds is 4. The lowest BCUT2D eigenvalue weighted by atomic mass is 10.1. The maximum absolute atomic E-state index is 6.11. The predicted molar refractivity (Wildman–Crippen MR) is 123 cm³/mol. The average Bonchev–Trinajstić information content (AvgIpc) is 3.48. The van der Waals surface area contributed by atoms with Crippen molar-refractivity contribution in [1.82, 2.24) is 19.5 Å². The van der Waals surface area contributed by atoms with Crippen LogP contribution in [0.15, 0.2) is 59.0 Å². The predicted octanol–water partition coefficient (Wildman–Crippen LogP) is 5.36. The Kier molecular flexibility index (Phi) is 4.76. The fraction of sp³-hybridized carbons (Fsp3) is 0.217. The Bertz CT molecular complexity index is 1330. The molecule has 6 nitrogen and oxygen atoms in total. The summed E-state index contributed by atoms with van der Waals surface area (Å²) in [6.45, 7) is 4.05. The Balaban J connectivity index is 1.46. The smallest absolute Gasteiger partial charge is 0.213 e. The topological polar surface area (TPSA) is 55.8 Å². The van der Waals surface area contributed by atoms with E-state index in [-0.39, 0.29) is 0 Å². The van der Waals surface area contributed by atoms with Crippen molar-refractivity contribution < 1.29 is 9.15 Å². The summed E-state index contributed by atoms with van der Waals surface area (Å²) in [5.41, 5.74) is 3.91. The fourth-order valence-electron chi connectivity index (χ4n) is 3.93. The molecule has 0 radical (unpaired) electrons. The third-order valence-electron chi connectivity index (χ3n) is 5.53. The first-order valence-electron chi connectivity index (χ1n) is 10.2. The van der Waals surface area contributed by atoms with E-state index in [1.54, 1.807) is 0 Å². The molecule has 8 heteroatoms. The van der Waals surface area contributed by atoms with Crippen LogP contribution < -0.4 is 0 Å². The van der Waals surface area contributed by atoms with Gasteiger partial charge in [-0.3, -0.25) is 4.90 Å². The summed E-state index contributed by atoms with van der Waals surface area (Å²) in [4.78, 5) is 8.19. The van der Waals surface area contributed by atoms with Crippen LogP contribution in [-0.4, -0.2) is 45.8 Å². The summed E-state index contributed by atoms with van der Waals surface area (Å²) in [5.74, 6) is 0.766. The number of ether oxygens (including phenoxy) is 1. The van der Waals surface area contributed by atoms with Gasteiger partial charge in [0.05, 0.1) is 24.6 Å². The van der Waals surface area contributed by atoms with Gasteiger partial charge in [0.1, 0.15) is 5.58 Å². The summed E-state index contributed by atoms with van der Waals surface area (Å²) in [7, 11) is 0. The second-order valence-corrected chi connectivity index (χ2v) is 8.94. The number of hydrogen-bond donors (Lipinski definition) is 0. The van der Waals surface area contributed by atoms with Gasteiger partial charge in [-0.2, -0.15) is 5.10 Å².